The van der Waals surface area contributed by atoms with E-state index in [9.17, 15) is 4.79 Å². The number of carbonyl (C=O) groups is 1. The number of carbonyl (C=O) groups excluding carboxylic acids is 1. The van der Waals surface area contributed by atoms with E-state index < -0.39 is 0 Å². The molecule has 0 atom stereocenters. The van der Waals surface area contributed by atoms with Gasteiger partial charge in [0.15, 0.2) is 5.11 Å². The molecule has 1 aromatic heterocycles. The predicted molar refractivity (Wildman–Crippen MR) is 103 cm³/mol. The number of anilines is 2. The van der Waals surface area contributed by atoms with Crippen LogP contribution in [0.2, 0.25) is 0 Å². The number of amides is 1. The number of furan rings is 1. The van der Waals surface area contributed by atoms with Gasteiger partial charge in [0.1, 0.15) is 5.76 Å². The van der Waals surface area contributed by atoms with Gasteiger partial charge in [-0.15, -0.1) is 0 Å². The van der Waals surface area contributed by atoms with Gasteiger partial charge < -0.3 is 20.4 Å². The van der Waals surface area contributed by atoms with Crippen LogP contribution in [-0.4, -0.2) is 11.0 Å². The molecule has 0 aliphatic heterocycles. The summed E-state index contributed by atoms with van der Waals surface area (Å²) in [6, 6.07) is 20.4. The van der Waals surface area contributed by atoms with Crippen molar-refractivity contribution in [3.05, 3.63) is 84.3 Å². The molecule has 25 heavy (non-hydrogen) atoms. The van der Waals surface area contributed by atoms with Gasteiger partial charge in [0.25, 0.3) is 5.91 Å². The minimum Gasteiger partial charge on any atom is -0.467 e. The van der Waals surface area contributed by atoms with E-state index in [0.717, 1.165) is 11.4 Å². The molecule has 0 bridgehead atoms. The van der Waals surface area contributed by atoms with E-state index in [1.54, 1.807) is 36.6 Å². The Bertz CT molecular complexity index is 831. The average molecular weight is 351 g/mol. The van der Waals surface area contributed by atoms with Crippen molar-refractivity contribution in [2.45, 2.75) is 6.54 Å². The summed E-state index contributed by atoms with van der Waals surface area (Å²) in [5.41, 5.74) is 2.28. The summed E-state index contributed by atoms with van der Waals surface area (Å²) in [6.45, 7) is 0.358. The molecule has 0 saturated carbocycles. The molecule has 0 aliphatic carbocycles. The lowest BCUT2D eigenvalue weighted by atomic mass is 10.2. The maximum atomic E-state index is 12.1. The van der Waals surface area contributed by atoms with Crippen molar-refractivity contribution < 1.29 is 9.21 Å². The van der Waals surface area contributed by atoms with Crippen LogP contribution in [0, 0.1) is 0 Å². The predicted octanol–water partition coefficient (Wildman–Crippen LogP) is 4.02. The highest BCUT2D eigenvalue weighted by Crippen LogP contribution is 2.12. The molecule has 0 radical (unpaired) electrons. The van der Waals surface area contributed by atoms with Crippen molar-refractivity contribution in [3.8, 4) is 0 Å². The standard InChI is InChI=1S/C19H17N3O2S/c23-18(20-13-17-7-4-12-24-17)14-8-10-16(11-9-14)22-19(25)21-15-5-2-1-3-6-15/h1-12H,13H2,(H,20,23)(H2,21,22,25). The first-order valence-corrected chi connectivity index (χ1v) is 8.15. The van der Waals surface area contributed by atoms with Crippen molar-refractivity contribution in [2.24, 2.45) is 0 Å². The SMILES string of the molecule is O=C(NCc1ccco1)c1ccc(NC(=S)Nc2ccccc2)cc1. The molecule has 126 valence electrons. The smallest absolute Gasteiger partial charge is 0.251 e. The highest BCUT2D eigenvalue weighted by atomic mass is 32.1. The quantitative estimate of drug-likeness (QED) is 0.606. The van der Waals surface area contributed by atoms with Crippen molar-refractivity contribution >= 4 is 34.6 Å². The van der Waals surface area contributed by atoms with Gasteiger partial charge in [-0.05, 0) is 60.7 Å². The number of hydrogen-bond acceptors (Lipinski definition) is 3. The van der Waals surface area contributed by atoms with Crippen LogP contribution in [0.15, 0.2) is 77.4 Å². The van der Waals surface area contributed by atoms with Crippen LogP contribution < -0.4 is 16.0 Å². The lowest BCUT2D eigenvalue weighted by molar-refractivity contribution is 0.0948. The maximum Gasteiger partial charge on any atom is 0.251 e. The molecule has 0 fully saturated rings. The molecule has 0 saturated heterocycles. The molecule has 0 spiro atoms. The molecule has 3 rings (SSSR count). The normalized spacial score (nSPS) is 10.1. The second-order valence-electron chi connectivity index (χ2n) is 5.28. The molecule has 0 aliphatic rings. The van der Waals surface area contributed by atoms with E-state index in [4.69, 9.17) is 16.6 Å². The molecule has 2 aromatic carbocycles. The van der Waals surface area contributed by atoms with Crippen molar-refractivity contribution in [2.75, 3.05) is 10.6 Å². The van der Waals surface area contributed by atoms with Crippen molar-refractivity contribution in [1.29, 1.82) is 0 Å². The summed E-state index contributed by atoms with van der Waals surface area (Å²) in [4.78, 5) is 12.1. The maximum absolute atomic E-state index is 12.1. The second-order valence-corrected chi connectivity index (χ2v) is 5.69. The zero-order chi connectivity index (χ0) is 17.5. The highest BCUT2D eigenvalue weighted by Gasteiger charge is 2.06. The summed E-state index contributed by atoms with van der Waals surface area (Å²) < 4.78 is 5.19. The topological polar surface area (TPSA) is 66.3 Å². The fourth-order valence-corrected chi connectivity index (χ4v) is 2.44. The molecule has 3 aromatic rings. The van der Waals surface area contributed by atoms with Gasteiger partial charge in [-0.3, -0.25) is 4.79 Å². The number of thiocarbonyl (C=S) groups is 1. The van der Waals surface area contributed by atoms with E-state index in [1.165, 1.54) is 0 Å². The largest absolute Gasteiger partial charge is 0.467 e. The van der Waals surface area contributed by atoms with Gasteiger partial charge in [-0.1, -0.05) is 18.2 Å². The molecule has 5 nitrogen and oxygen atoms in total. The summed E-state index contributed by atoms with van der Waals surface area (Å²) in [5.74, 6) is 0.553. The average Bonchev–Trinajstić information content (AvgIpc) is 3.14. The van der Waals surface area contributed by atoms with Gasteiger partial charge in [-0.2, -0.15) is 0 Å². The summed E-state index contributed by atoms with van der Waals surface area (Å²) in [6.07, 6.45) is 1.58. The Balaban J connectivity index is 1.52. The number of hydrogen-bond donors (Lipinski definition) is 3. The Hall–Kier alpha value is -3.12. The Morgan fingerprint density at radius 3 is 2.20 bits per heavy atom. The lowest BCUT2D eigenvalue weighted by Crippen LogP contribution is -2.22. The van der Waals surface area contributed by atoms with Crippen LogP contribution >= 0.6 is 12.2 Å². The van der Waals surface area contributed by atoms with Crippen LogP contribution in [0.4, 0.5) is 11.4 Å². The first kappa shape index (κ1) is 16.7. The van der Waals surface area contributed by atoms with E-state index in [2.05, 4.69) is 16.0 Å². The fraction of sp³-hybridized carbons (Fsp3) is 0.0526. The van der Waals surface area contributed by atoms with Crippen LogP contribution in [0.1, 0.15) is 16.1 Å². The second kappa shape index (κ2) is 8.12. The summed E-state index contributed by atoms with van der Waals surface area (Å²) in [7, 11) is 0. The number of para-hydroxylation sites is 1. The zero-order valence-corrected chi connectivity index (χ0v) is 14.2. The summed E-state index contributed by atoms with van der Waals surface area (Å²) in [5, 5.41) is 9.47. The van der Waals surface area contributed by atoms with Gasteiger partial charge in [0.05, 0.1) is 12.8 Å². The number of rotatable bonds is 5. The highest BCUT2D eigenvalue weighted by molar-refractivity contribution is 7.80. The molecule has 1 heterocycles. The van der Waals surface area contributed by atoms with Crippen LogP contribution in [0.5, 0.6) is 0 Å². The molecule has 3 N–H and O–H groups in total. The van der Waals surface area contributed by atoms with Crippen LogP contribution in [-0.2, 0) is 6.54 Å². The monoisotopic (exact) mass is 351 g/mol. The first-order valence-electron chi connectivity index (χ1n) is 7.74. The van der Waals surface area contributed by atoms with Crippen molar-refractivity contribution in [3.63, 3.8) is 0 Å². The van der Waals surface area contributed by atoms with Gasteiger partial charge in [0.2, 0.25) is 0 Å². The van der Waals surface area contributed by atoms with Crippen LogP contribution in [0.3, 0.4) is 0 Å². The Morgan fingerprint density at radius 2 is 1.56 bits per heavy atom. The van der Waals surface area contributed by atoms with Gasteiger partial charge in [-0.25, -0.2) is 0 Å². The minimum atomic E-state index is -0.159. The zero-order valence-electron chi connectivity index (χ0n) is 13.4. The Labute approximate surface area is 151 Å². The number of benzene rings is 2. The van der Waals surface area contributed by atoms with E-state index in [0.29, 0.717) is 23.0 Å². The fourth-order valence-electron chi connectivity index (χ4n) is 2.20. The minimum absolute atomic E-state index is 0.159. The van der Waals surface area contributed by atoms with Gasteiger partial charge in [0, 0.05) is 16.9 Å². The Morgan fingerprint density at radius 1 is 0.880 bits per heavy atom. The third-order valence-electron chi connectivity index (χ3n) is 3.44. The lowest BCUT2D eigenvalue weighted by Gasteiger charge is -2.11. The van der Waals surface area contributed by atoms with Crippen molar-refractivity contribution in [1.82, 2.24) is 5.32 Å². The molecular weight excluding hydrogens is 334 g/mol. The summed E-state index contributed by atoms with van der Waals surface area (Å²) >= 11 is 5.28. The Kier molecular flexibility index (Phi) is 5.43. The van der Waals surface area contributed by atoms with E-state index in [-0.39, 0.29) is 5.91 Å². The van der Waals surface area contributed by atoms with Crippen LogP contribution in [0.25, 0.3) is 0 Å². The third-order valence-corrected chi connectivity index (χ3v) is 3.64. The van der Waals surface area contributed by atoms with E-state index >= 15 is 0 Å². The van der Waals surface area contributed by atoms with E-state index in [1.807, 2.05) is 36.4 Å². The van der Waals surface area contributed by atoms with Gasteiger partial charge >= 0.3 is 0 Å². The first-order chi connectivity index (χ1) is 12.2. The third kappa shape index (κ3) is 4.92. The molecular formula is C19H17N3O2S. The molecule has 1 amide bonds. The molecule has 0 unspecified atom stereocenters. The number of nitrogens with one attached hydrogen (secondary N) is 3. The molecule has 6 heteroatoms.